The van der Waals surface area contributed by atoms with Gasteiger partial charge in [-0.1, -0.05) is 12.5 Å². The fourth-order valence-corrected chi connectivity index (χ4v) is 5.76. The number of methoxy groups -OCH3 is 2. The Balaban J connectivity index is 1.83. The number of benzene rings is 2. The molecular weight excluding hydrogens is 458 g/mol. The van der Waals surface area contributed by atoms with E-state index >= 15 is 0 Å². The van der Waals surface area contributed by atoms with E-state index in [1.807, 2.05) is 6.07 Å². The fraction of sp³-hybridized carbons (Fsp3) is 0.500. The summed E-state index contributed by atoms with van der Waals surface area (Å²) in [6.45, 7) is 4.55. The number of hydrogen-bond donors (Lipinski definition) is 0. The van der Waals surface area contributed by atoms with Gasteiger partial charge in [-0.2, -0.15) is 4.31 Å². The van der Waals surface area contributed by atoms with E-state index in [4.69, 9.17) is 9.47 Å². The van der Waals surface area contributed by atoms with E-state index in [0.717, 1.165) is 25.1 Å². The summed E-state index contributed by atoms with van der Waals surface area (Å²) in [6.07, 6.45) is 4.25. The minimum Gasteiger partial charge on any atom is -0.493 e. The first-order chi connectivity index (χ1) is 16.3. The van der Waals surface area contributed by atoms with Crippen molar-refractivity contribution in [3.05, 3.63) is 58.1 Å². The monoisotopic (exact) mass is 491 g/mol. The highest BCUT2D eigenvalue weighted by molar-refractivity contribution is 7.89. The predicted molar refractivity (Wildman–Crippen MR) is 130 cm³/mol. The van der Waals surface area contributed by atoms with Crippen molar-refractivity contribution in [3.63, 3.8) is 0 Å². The molecule has 1 aliphatic heterocycles. The molecule has 0 spiro atoms. The van der Waals surface area contributed by atoms with E-state index in [9.17, 15) is 18.5 Å². The number of rotatable bonds is 11. The van der Waals surface area contributed by atoms with Crippen LogP contribution in [0, 0.1) is 10.1 Å². The summed E-state index contributed by atoms with van der Waals surface area (Å²) >= 11 is 0. The van der Waals surface area contributed by atoms with Crippen LogP contribution in [0.25, 0.3) is 0 Å². The Kier molecular flexibility index (Phi) is 8.87. The molecule has 0 amide bonds. The summed E-state index contributed by atoms with van der Waals surface area (Å²) in [4.78, 5) is 12.9. The van der Waals surface area contributed by atoms with Crippen molar-refractivity contribution in [2.75, 3.05) is 33.9 Å². The van der Waals surface area contributed by atoms with E-state index < -0.39 is 14.9 Å². The van der Waals surface area contributed by atoms with Gasteiger partial charge in [0.25, 0.3) is 5.69 Å². The largest absolute Gasteiger partial charge is 0.493 e. The number of non-ortho nitro benzene ring substituents is 1. The van der Waals surface area contributed by atoms with Crippen LogP contribution >= 0.6 is 0 Å². The molecule has 0 saturated carbocycles. The molecule has 1 saturated heterocycles. The molecule has 0 aromatic heterocycles. The van der Waals surface area contributed by atoms with Crippen LogP contribution in [0.1, 0.15) is 38.2 Å². The average Bonchev–Trinajstić information content (AvgIpc) is 2.84. The third kappa shape index (κ3) is 6.25. The topological polar surface area (TPSA) is 102 Å². The smallest absolute Gasteiger partial charge is 0.269 e. The molecular formula is C24H33N3O6S. The number of hydrogen-bond acceptors (Lipinski definition) is 7. The molecule has 2 aromatic rings. The number of likely N-dealkylation sites (tertiary alicyclic amines) is 1. The van der Waals surface area contributed by atoms with Crippen molar-refractivity contribution in [2.24, 2.45) is 0 Å². The Morgan fingerprint density at radius 3 is 2.41 bits per heavy atom. The molecule has 9 nitrogen and oxygen atoms in total. The van der Waals surface area contributed by atoms with Gasteiger partial charge in [0.15, 0.2) is 11.5 Å². The zero-order valence-electron chi connectivity index (χ0n) is 20.0. The van der Waals surface area contributed by atoms with Crippen LogP contribution in [0.2, 0.25) is 0 Å². The van der Waals surface area contributed by atoms with Gasteiger partial charge in [-0.3, -0.25) is 10.1 Å². The van der Waals surface area contributed by atoms with Crippen LogP contribution in [0.3, 0.4) is 0 Å². The normalized spacial score (nSPS) is 17.0. The van der Waals surface area contributed by atoms with Crippen LogP contribution in [0.4, 0.5) is 5.69 Å². The van der Waals surface area contributed by atoms with Gasteiger partial charge in [-0.05, 0) is 69.1 Å². The molecule has 1 fully saturated rings. The van der Waals surface area contributed by atoms with Gasteiger partial charge in [0, 0.05) is 31.3 Å². The maximum atomic E-state index is 13.5. The van der Waals surface area contributed by atoms with Crippen molar-refractivity contribution in [3.8, 4) is 11.5 Å². The Hall–Kier alpha value is -2.69. The molecule has 2 aromatic carbocycles. The van der Waals surface area contributed by atoms with Crippen LogP contribution in [0.5, 0.6) is 11.5 Å². The van der Waals surface area contributed by atoms with Crippen molar-refractivity contribution >= 4 is 15.7 Å². The van der Waals surface area contributed by atoms with Crippen LogP contribution < -0.4 is 9.47 Å². The van der Waals surface area contributed by atoms with Crippen LogP contribution in [0.15, 0.2) is 47.4 Å². The quantitative estimate of drug-likeness (QED) is 0.345. The summed E-state index contributed by atoms with van der Waals surface area (Å²) in [5, 5.41) is 11.0. The Labute approximate surface area is 201 Å². The minimum atomic E-state index is -3.87. The second-order valence-electron chi connectivity index (χ2n) is 8.51. The number of nitrogens with zero attached hydrogens (tertiary/aromatic N) is 3. The third-order valence-electron chi connectivity index (χ3n) is 6.29. The van der Waals surface area contributed by atoms with Crippen LogP contribution in [-0.2, 0) is 16.6 Å². The van der Waals surface area contributed by atoms with Crippen molar-refractivity contribution in [1.82, 2.24) is 9.21 Å². The Bertz CT molecular complexity index is 1070. The standard InChI is InChI=1S/C24H33N3O6S/c1-19-7-4-5-14-25(19)15-6-16-26(18-20-8-13-23(32-2)24(17-20)33-3)34(30,31)22-11-9-21(10-12-22)27(28)29/h8-13,17,19H,4-7,14-16,18H2,1-3H3. The second kappa shape index (κ2) is 11.6. The molecule has 0 aliphatic carbocycles. The maximum absolute atomic E-state index is 13.5. The van der Waals surface area contributed by atoms with E-state index in [0.29, 0.717) is 30.5 Å². The number of sulfonamides is 1. The van der Waals surface area contributed by atoms with Crippen molar-refractivity contribution < 1.29 is 22.8 Å². The first-order valence-corrected chi connectivity index (χ1v) is 12.9. The lowest BCUT2D eigenvalue weighted by Gasteiger charge is -2.34. The highest BCUT2D eigenvalue weighted by Gasteiger charge is 2.26. The third-order valence-corrected chi connectivity index (χ3v) is 8.15. The number of nitro benzene ring substituents is 1. The number of nitro groups is 1. The van der Waals surface area contributed by atoms with Crippen molar-refractivity contribution in [1.29, 1.82) is 0 Å². The SMILES string of the molecule is COc1ccc(CN(CCCN2CCCCC2C)S(=O)(=O)c2ccc([N+](=O)[O-])cc2)cc1OC. The second-order valence-corrected chi connectivity index (χ2v) is 10.5. The highest BCUT2D eigenvalue weighted by Crippen LogP contribution is 2.29. The molecule has 1 aliphatic rings. The minimum absolute atomic E-state index is 0.0323. The zero-order chi connectivity index (χ0) is 24.7. The van der Waals surface area contributed by atoms with E-state index in [1.54, 1.807) is 19.2 Å². The highest BCUT2D eigenvalue weighted by atomic mass is 32.2. The molecule has 3 rings (SSSR count). The molecule has 0 N–H and O–H groups in total. The lowest BCUT2D eigenvalue weighted by atomic mass is 10.0. The Morgan fingerprint density at radius 2 is 1.79 bits per heavy atom. The van der Waals surface area contributed by atoms with Crippen LogP contribution in [-0.4, -0.2) is 62.4 Å². The van der Waals surface area contributed by atoms with E-state index in [2.05, 4.69) is 11.8 Å². The Morgan fingerprint density at radius 1 is 1.09 bits per heavy atom. The van der Waals surface area contributed by atoms with Crippen molar-refractivity contribution in [2.45, 2.75) is 50.1 Å². The van der Waals surface area contributed by atoms with Gasteiger partial charge in [0.1, 0.15) is 0 Å². The summed E-state index contributed by atoms with van der Waals surface area (Å²) in [5.41, 5.74) is 0.610. The zero-order valence-corrected chi connectivity index (χ0v) is 20.8. The molecule has 1 heterocycles. The first kappa shape index (κ1) is 25.9. The predicted octanol–water partition coefficient (Wildman–Crippen LogP) is 4.07. The maximum Gasteiger partial charge on any atom is 0.269 e. The van der Waals surface area contributed by atoms with Gasteiger partial charge in [-0.25, -0.2) is 8.42 Å². The van der Waals surface area contributed by atoms with Gasteiger partial charge in [0.2, 0.25) is 10.0 Å². The first-order valence-electron chi connectivity index (χ1n) is 11.5. The van der Waals surface area contributed by atoms with Gasteiger partial charge in [-0.15, -0.1) is 0 Å². The summed E-state index contributed by atoms with van der Waals surface area (Å²) in [5.74, 6) is 1.09. The summed E-state index contributed by atoms with van der Waals surface area (Å²) in [7, 11) is -0.793. The van der Waals surface area contributed by atoms with E-state index in [-0.39, 0.29) is 17.1 Å². The lowest BCUT2D eigenvalue weighted by Crippen LogP contribution is -2.40. The average molecular weight is 492 g/mol. The van der Waals surface area contributed by atoms with Gasteiger partial charge in [0.05, 0.1) is 24.0 Å². The summed E-state index contributed by atoms with van der Waals surface area (Å²) < 4.78 is 39.2. The number of ether oxygens (including phenoxy) is 2. The van der Waals surface area contributed by atoms with Gasteiger partial charge >= 0.3 is 0 Å². The fourth-order valence-electron chi connectivity index (χ4n) is 4.30. The number of piperidine rings is 1. The van der Waals surface area contributed by atoms with Gasteiger partial charge < -0.3 is 14.4 Å². The molecule has 10 heteroatoms. The summed E-state index contributed by atoms with van der Waals surface area (Å²) in [6, 6.07) is 10.9. The van der Waals surface area contributed by atoms with E-state index in [1.165, 1.54) is 48.5 Å². The molecule has 1 atom stereocenters. The molecule has 0 radical (unpaired) electrons. The molecule has 0 bridgehead atoms. The molecule has 186 valence electrons. The molecule has 1 unspecified atom stereocenters. The molecule has 34 heavy (non-hydrogen) atoms. The lowest BCUT2D eigenvalue weighted by molar-refractivity contribution is -0.384.